The molecule has 0 aliphatic rings. The predicted molar refractivity (Wildman–Crippen MR) is 148 cm³/mol. The van der Waals surface area contributed by atoms with Crippen LogP contribution in [0.25, 0.3) is 0 Å². The molecule has 7 nitrogen and oxygen atoms in total. The minimum absolute atomic E-state index is 0.0367. The summed E-state index contributed by atoms with van der Waals surface area (Å²) < 4.78 is 28.4. The van der Waals surface area contributed by atoms with Crippen molar-refractivity contribution in [3.63, 3.8) is 0 Å². The molecule has 0 fully saturated rings. The molecular weight excluding hydrogens is 557 g/mol. The Morgan fingerprint density at radius 2 is 1.49 bits per heavy atom. The maximum Gasteiger partial charge on any atom is 0.264 e. The van der Waals surface area contributed by atoms with Crippen LogP contribution in [0.2, 0.25) is 15.1 Å². The van der Waals surface area contributed by atoms with E-state index in [2.05, 4.69) is 5.32 Å². The molecule has 3 aromatic carbocycles. The number of nitrogens with one attached hydrogen (secondary N) is 1. The molecule has 0 saturated carbocycles. The second kappa shape index (κ2) is 12.2. The van der Waals surface area contributed by atoms with Gasteiger partial charge in [0, 0.05) is 34.2 Å². The van der Waals surface area contributed by atoms with Crippen LogP contribution in [0.5, 0.6) is 0 Å². The van der Waals surface area contributed by atoms with Gasteiger partial charge in [0.25, 0.3) is 10.0 Å². The summed E-state index contributed by atoms with van der Waals surface area (Å²) in [7, 11) is -2.73. The highest BCUT2D eigenvalue weighted by Crippen LogP contribution is 2.28. The van der Waals surface area contributed by atoms with Crippen LogP contribution in [-0.4, -0.2) is 44.8 Å². The number of benzene rings is 3. The summed E-state index contributed by atoms with van der Waals surface area (Å²) in [5.74, 6) is -1.05. The molecule has 0 spiro atoms. The van der Waals surface area contributed by atoms with Crippen LogP contribution in [0.3, 0.4) is 0 Å². The standard InChI is InChI=1S/C26H26Cl3N3O4S/c1-17-7-11-20(12-8-17)32(37(35,36)21-13-9-19(27)10-14-21)16-25(33)31(18(2)26(34)30-3)15-22-23(28)5-4-6-24(22)29/h4-14,18H,15-16H2,1-3H3,(H,30,34)/t18-/m1/s1. The predicted octanol–water partition coefficient (Wildman–Crippen LogP) is 5.31. The Kier molecular flexibility index (Phi) is 9.47. The second-order valence-corrected chi connectivity index (χ2v) is 11.4. The van der Waals surface area contributed by atoms with Gasteiger partial charge in [-0.3, -0.25) is 13.9 Å². The molecule has 0 aliphatic heterocycles. The number of carbonyl (C=O) groups is 2. The Labute approximate surface area is 232 Å². The lowest BCUT2D eigenvalue weighted by atomic mass is 10.1. The first kappa shape index (κ1) is 28.8. The third kappa shape index (κ3) is 6.76. The molecule has 0 unspecified atom stereocenters. The third-order valence-corrected chi connectivity index (χ3v) is 8.55. The van der Waals surface area contributed by atoms with Gasteiger partial charge >= 0.3 is 0 Å². The van der Waals surface area contributed by atoms with Crippen molar-refractivity contribution in [2.45, 2.75) is 31.3 Å². The van der Waals surface area contributed by atoms with Gasteiger partial charge in [0.1, 0.15) is 12.6 Å². The number of aryl methyl sites for hydroxylation is 1. The quantitative estimate of drug-likeness (QED) is 0.370. The fourth-order valence-corrected chi connectivity index (χ4v) is 5.68. The SMILES string of the molecule is CNC(=O)[C@@H](C)N(Cc1c(Cl)cccc1Cl)C(=O)CN(c1ccc(C)cc1)S(=O)(=O)c1ccc(Cl)cc1. The van der Waals surface area contributed by atoms with Crippen LogP contribution in [0, 0.1) is 6.92 Å². The highest BCUT2D eigenvalue weighted by atomic mass is 35.5. The number of amides is 2. The number of hydrogen-bond acceptors (Lipinski definition) is 4. The number of sulfonamides is 1. The van der Waals surface area contributed by atoms with Crippen LogP contribution < -0.4 is 9.62 Å². The summed E-state index contributed by atoms with van der Waals surface area (Å²) in [5.41, 5.74) is 1.65. The molecule has 11 heteroatoms. The van der Waals surface area contributed by atoms with Gasteiger partial charge in [0.15, 0.2) is 0 Å². The Morgan fingerprint density at radius 3 is 2.03 bits per heavy atom. The van der Waals surface area contributed by atoms with E-state index in [0.29, 0.717) is 20.6 Å². The molecule has 2 amide bonds. The number of likely N-dealkylation sites (N-methyl/N-ethyl adjacent to an activating group) is 1. The van der Waals surface area contributed by atoms with Gasteiger partial charge in [-0.05, 0) is 62.4 Å². The van der Waals surface area contributed by atoms with Gasteiger partial charge in [-0.1, -0.05) is 58.6 Å². The molecule has 3 aromatic rings. The lowest BCUT2D eigenvalue weighted by Gasteiger charge is -2.32. The number of hydrogen-bond donors (Lipinski definition) is 1. The smallest absolute Gasteiger partial charge is 0.264 e. The highest BCUT2D eigenvalue weighted by Gasteiger charge is 2.32. The van der Waals surface area contributed by atoms with Gasteiger partial charge in [-0.15, -0.1) is 0 Å². The Hall–Kier alpha value is -2.78. The number of rotatable bonds is 9. The van der Waals surface area contributed by atoms with E-state index in [1.165, 1.54) is 36.2 Å². The minimum Gasteiger partial charge on any atom is -0.357 e. The van der Waals surface area contributed by atoms with E-state index in [1.807, 2.05) is 6.92 Å². The van der Waals surface area contributed by atoms with Crippen molar-refractivity contribution in [2.24, 2.45) is 0 Å². The first-order valence-corrected chi connectivity index (χ1v) is 13.8. The average molecular weight is 583 g/mol. The van der Waals surface area contributed by atoms with E-state index < -0.39 is 34.4 Å². The molecule has 0 bridgehead atoms. The van der Waals surface area contributed by atoms with Crippen LogP contribution in [0.15, 0.2) is 71.6 Å². The van der Waals surface area contributed by atoms with Crippen molar-refractivity contribution in [2.75, 3.05) is 17.9 Å². The summed E-state index contributed by atoms with van der Waals surface area (Å²) in [6, 6.07) is 16.4. The number of nitrogens with zero attached hydrogens (tertiary/aromatic N) is 2. The molecule has 0 heterocycles. The minimum atomic E-state index is -4.18. The topological polar surface area (TPSA) is 86.8 Å². The van der Waals surface area contributed by atoms with Crippen LogP contribution >= 0.6 is 34.8 Å². The molecule has 3 rings (SSSR count). The molecule has 0 radical (unpaired) electrons. The van der Waals surface area contributed by atoms with E-state index in [9.17, 15) is 18.0 Å². The van der Waals surface area contributed by atoms with E-state index in [-0.39, 0.29) is 17.1 Å². The van der Waals surface area contributed by atoms with Gasteiger partial charge in [-0.2, -0.15) is 0 Å². The van der Waals surface area contributed by atoms with Crippen LogP contribution in [0.4, 0.5) is 5.69 Å². The van der Waals surface area contributed by atoms with E-state index in [4.69, 9.17) is 34.8 Å². The Bertz CT molecular complexity index is 1360. The van der Waals surface area contributed by atoms with Crippen molar-refractivity contribution >= 4 is 62.3 Å². The zero-order valence-corrected chi connectivity index (χ0v) is 23.5. The second-order valence-electron chi connectivity index (χ2n) is 8.31. The Balaban J connectivity index is 2.06. The zero-order valence-electron chi connectivity index (χ0n) is 20.4. The zero-order chi connectivity index (χ0) is 27.3. The van der Waals surface area contributed by atoms with Crippen LogP contribution in [-0.2, 0) is 26.2 Å². The normalized spacial score (nSPS) is 12.1. The average Bonchev–Trinajstić information content (AvgIpc) is 2.87. The van der Waals surface area contributed by atoms with E-state index in [1.54, 1.807) is 49.4 Å². The molecule has 1 N–H and O–H groups in total. The third-order valence-electron chi connectivity index (χ3n) is 5.81. The molecule has 1 atom stereocenters. The number of anilines is 1. The van der Waals surface area contributed by atoms with Gasteiger partial charge in [0.05, 0.1) is 10.6 Å². The fourth-order valence-electron chi connectivity index (χ4n) is 3.62. The maximum absolute atomic E-state index is 13.7. The monoisotopic (exact) mass is 581 g/mol. The summed E-state index contributed by atoms with van der Waals surface area (Å²) in [6.07, 6.45) is 0. The molecular formula is C26H26Cl3N3O4S. The van der Waals surface area contributed by atoms with E-state index >= 15 is 0 Å². The summed E-state index contributed by atoms with van der Waals surface area (Å²) in [5, 5.41) is 3.53. The number of halogens is 3. The Morgan fingerprint density at radius 1 is 0.919 bits per heavy atom. The largest absolute Gasteiger partial charge is 0.357 e. The van der Waals surface area contributed by atoms with Gasteiger partial charge in [0.2, 0.25) is 11.8 Å². The van der Waals surface area contributed by atoms with Crippen molar-refractivity contribution in [3.05, 3.63) is 92.9 Å². The van der Waals surface area contributed by atoms with Crippen molar-refractivity contribution in [1.82, 2.24) is 10.2 Å². The summed E-state index contributed by atoms with van der Waals surface area (Å²) >= 11 is 18.6. The van der Waals surface area contributed by atoms with Gasteiger partial charge < -0.3 is 10.2 Å². The maximum atomic E-state index is 13.7. The molecule has 196 valence electrons. The summed E-state index contributed by atoms with van der Waals surface area (Å²) in [6.45, 7) is 2.74. The summed E-state index contributed by atoms with van der Waals surface area (Å²) in [4.78, 5) is 27.5. The van der Waals surface area contributed by atoms with Crippen LogP contribution in [0.1, 0.15) is 18.1 Å². The first-order valence-electron chi connectivity index (χ1n) is 11.2. The van der Waals surface area contributed by atoms with E-state index in [0.717, 1.165) is 9.87 Å². The van der Waals surface area contributed by atoms with Crippen molar-refractivity contribution < 1.29 is 18.0 Å². The highest BCUT2D eigenvalue weighted by molar-refractivity contribution is 7.92. The molecule has 0 aromatic heterocycles. The number of carbonyl (C=O) groups excluding carboxylic acids is 2. The fraction of sp³-hybridized carbons (Fsp3) is 0.231. The molecule has 0 saturated heterocycles. The molecule has 37 heavy (non-hydrogen) atoms. The van der Waals surface area contributed by atoms with Crippen molar-refractivity contribution in [3.8, 4) is 0 Å². The van der Waals surface area contributed by atoms with Crippen molar-refractivity contribution in [1.29, 1.82) is 0 Å². The lowest BCUT2D eigenvalue weighted by molar-refractivity contribution is -0.139. The lowest BCUT2D eigenvalue weighted by Crippen LogP contribution is -2.50. The molecule has 0 aliphatic carbocycles. The first-order chi connectivity index (χ1) is 17.4. The van der Waals surface area contributed by atoms with Gasteiger partial charge in [-0.25, -0.2) is 8.42 Å².